The van der Waals surface area contributed by atoms with Crippen LogP contribution in [0, 0.1) is 5.41 Å². The zero-order chi connectivity index (χ0) is 7.61. The standard InChI is InChI=1S/C8H13NO/c1-7(6-9)8(10)4-2-3-5-8/h6,9-10H,1-5H2. The van der Waals surface area contributed by atoms with E-state index in [1.54, 1.807) is 0 Å². The fourth-order valence-corrected chi connectivity index (χ4v) is 1.42. The Hall–Kier alpha value is -0.630. The van der Waals surface area contributed by atoms with Crippen LogP contribution in [0.1, 0.15) is 25.7 Å². The van der Waals surface area contributed by atoms with E-state index in [4.69, 9.17) is 5.41 Å². The van der Waals surface area contributed by atoms with E-state index in [0.29, 0.717) is 5.57 Å². The van der Waals surface area contributed by atoms with Crippen LogP contribution in [0.3, 0.4) is 0 Å². The van der Waals surface area contributed by atoms with Gasteiger partial charge in [0.2, 0.25) is 0 Å². The van der Waals surface area contributed by atoms with Gasteiger partial charge in [-0.25, -0.2) is 0 Å². The summed E-state index contributed by atoms with van der Waals surface area (Å²) in [5, 5.41) is 16.6. The molecule has 2 nitrogen and oxygen atoms in total. The molecule has 10 heavy (non-hydrogen) atoms. The number of hydrogen-bond acceptors (Lipinski definition) is 2. The van der Waals surface area contributed by atoms with Crippen LogP contribution in [0.15, 0.2) is 12.2 Å². The summed E-state index contributed by atoms with van der Waals surface area (Å²) in [6.07, 6.45) is 4.83. The number of nitrogens with one attached hydrogen (secondary N) is 1. The van der Waals surface area contributed by atoms with Crippen LogP contribution >= 0.6 is 0 Å². The molecule has 0 radical (unpaired) electrons. The maximum absolute atomic E-state index is 9.71. The molecule has 2 N–H and O–H groups in total. The molecule has 0 aromatic rings. The van der Waals surface area contributed by atoms with Crippen molar-refractivity contribution in [2.24, 2.45) is 0 Å². The third-order valence-corrected chi connectivity index (χ3v) is 2.20. The summed E-state index contributed by atoms with van der Waals surface area (Å²) in [4.78, 5) is 0. The smallest absolute Gasteiger partial charge is 0.0905 e. The zero-order valence-corrected chi connectivity index (χ0v) is 6.06. The Morgan fingerprint density at radius 2 is 2.00 bits per heavy atom. The average molecular weight is 139 g/mol. The molecule has 1 aliphatic carbocycles. The van der Waals surface area contributed by atoms with E-state index in [-0.39, 0.29) is 0 Å². The molecule has 1 fully saturated rings. The highest BCUT2D eigenvalue weighted by atomic mass is 16.3. The van der Waals surface area contributed by atoms with Gasteiger partial charge in [0.1, 0.15) is 0 Å². The van der Waals surface area contributed by atoms with Crippen LogP contribution in [0.4, 0.5) is 0 Å². The molecule has 2 heteroatoms. The van der Waals surface area contributed by atoms with Crippen molar-refractivity contribution in [3.8, 4) is 0 Å². The van der Waals surface area contributed by atoms with Crippen molar-refractivity contribution >= 4 is 6.21 Å². The largest absolute Gasteiger partial charge is 0.385 e. The predicted molar refractivity (Wildman–Crippen MR) is 41.3 cm³/mol. The third kappa shape index (κ3) is 1.12. The van der Waals surface area contributed by atoms with Crippen molar-refractivity contribution in [2.75, 3.05) is 0 Å². The van der Waals surface area contributed by atoms with Gasteiger partial charge in [-0.05, 0) is 18.4 Å². The van der Waals surface area contributed by atoms with Gasteiger partial charge in [0.25, 0.3) is 0 Å². The maximum atomic E-state index is 9.71. The van der Waals surface area contributed by atoms with Crippen molar-refractivity contribution < 1.29 is 5.11 Å². The maximum Gasteiger partial charge on any atom is 0.0905 e. The summed E-state index contributed by atoms with van der Waals surface area (Å²) in [6, 6.07) is 0. The van der Waals surface area contributed by atoms with Gasteiger partial charge in [-0.3, -0.25) is 0 Å². The van der Waals surface area contributed by atoms with Crippen LogP contribution in [-0.2, 0) is 0 Å². The lowest BCUT2D eigenvalue weighted by Crippen LogP contribution is -2.26. The first-order valence-corrected chi connectivity index (χ1v) is 3.61. The van der Waals surface area contributed by atoms with Crippen LogP contribution in [0.2, 0.25) is 0 Å². The molecule has 1 aliphatic rings. The molecule has 0 bridgehead atoms. The van der Waals surface area contributed by atoms with E-state index in [1.807, 2.05) is 0 Å². The molecule has 0 unspecified atom stereocenters. The Labute approximate surface area is 61.1 Å². The Kier molecular flexibility index (Phi) is 1.90. The van der Waals surface area contributed by atoms with Crippen molar-refractivity contribution in [3.05, 3.63) is 12.2 Å². The highest BCUT2D eigenvalue weighted by molar-refractivity contribution is 5.77. The van der Waals surface area contributed by atoms with Gasteiger partial charge in [0, 0.05) is 6.21 Å². The Balaban J connectivity index is 2.66. The van der Waals surface area contributed by atoms with Crippen molar-refractivity contribution in [3.63, 3.8) is 0 Å². The van der Waals surface area contributed by atoms with Gasteiger partial charge >= 0.3 is 0 Å². The first-order valence-electron chi connectivity index (χ1n) is 3.61. The lowest BCUT2D eigenvalue weighted by atomic mass is 9.94. The topological polar surface area (TPSA) is 44.1 Å². The third-order valence-electron chi connectivity index (χ3n) is 2.20. The van der Waals surface area contributed by atoms with Gasteiger partial charge in [-0.15, -0.1) is 0 Å². The molecule has 0 aromatic carbocycles. The second-order valence-electron chi connectivity index (χ2n) is 2.91. The van der Waals surface area contributed by atoms with Crippen LogP contribution < -0.4 is 0 Å². The van der Waals surface area contributed by atoms with E-state index in [1.165, 1.54) is 0 Å². The van der Waals surface area contributed by atoms with Crippen molar-refractivity contribution in [1.82, 2.24) is 0 Å². The molecule has 0 atom stereocenters. The molecule has 0 heterocycles. The van der Waals surface area contributed by atoms with E-state index in [2.05, 4.69) is 6.58 Å². The minimum absolute atomic E-state index is 0.560. The molecule has 1 rings (SSSR count). The summed E-state index contributed by atoms with van der Waals surface area (Å²) < 4.78 is 0. The van der Waals surface area contributed by atoms with E-state index >= 15 is 0 Å². The molecule has 0 amide bonds. The Morgan fingerprint density at radius 1 is 1.50 bits per heavy atom. The van der Waals surface area contributed by atoms with Crippen LogP contribution in [0.25, 0.3) is 0 Å². The first kappa shape index (κ1) is 7.48. The molecule has 0 aromatic heterocycles. The van der Waals surface area contributed by atoms with Gasteiger partial charge < -0.3 is 10.5 Å². The summed E-state index contributed by atoms with van der Waals surface area (Å²) in [5.41, 5.74) is -0.174. The summed E-state index contributed by atoms with van der Waals surface area (Å²) in [6.45, 7) is 3.63. The summed E-state index contributed by atoms with van der Waals surface area (Å²) in [5.74, 6) is 0. The SMILES string of the molecule is C=C(C=N)C1(O)CCCC1. The second-order valence-corrected chi connectivity index (χ2v) is 2.91. The Morgan fingerprint density at radius 3 is 2.40 bits per heavy atom. The van der Waals surface area contributed by atoms with Gasteiger partial charge in [-0.2, -0.15) is 0 Å². The Bertz CT molecular complexity index is 157. The minimum atomic E-state index is -0.734. The fourth-order valence-electron chi connectivity index (χ4n) is 1.42. The van der Waals surface area contributed by atoms with E-state index in [0.717, 1.165) is 31.9 Å². The number of aliphatic hydroxyl groups is 1. The highest BCUT2D eigenvalue weighted by Crippen LogP contribution is 2.33. The number of hydrogen-bond donors (Lipinski definition) is 2. The quantitative estimate of drug-likeness (QED) is 0.559. The molecule has 1 saturated carbocycles. The summed E-state index contributed by atoms with van der Waals surface area (Å²) >= 11 is 0. The van der Waals surface area contributed by atoms with Crippen molar-refractivity contribution in [1.29, 1.82) is 5.41 Å². The monoisotopic (exact) mass is 139 g/mol. The predicted octanol–water partition coefficient (Wildman–Crippen LogP) is 1.50. The molecule has 0 aliphatic heterocycles. The molecule has 0 saturated heterocycles. The minimum Gasteiger partial charge on any atom is -0.385 e. The highest BCUT2D eigenvalue weighted by Gasteiger charge is 2.32. The van der Waals surface area contributed by atoms with Crippen molar-refractivity contribution in [2.45, 2.75) is 31.3 Å². The van der Waals surface area contributed by atoms with E-state index < -0.39 is 5.60 Å². The van der Waals surface area contributed by atoms with Crippen LogP contribution in [0.5, 0.6) is 0 Å². The first-order chi connectivity index (χ1) is 4.69. The molecular weight excluding hydrogens is 126 g/mol. The lowest BCUT2D eigenvalue weighted by Gasteiger charge is -2.21. The van der Waals surface area contributed by atoms with Crippen LogP contribution in [-0.4, -0.2) is 16.9 Å². The number of rotatable bonds is 2. The molecule has 56 valence electrons. The zero-order valence-electron chi connectivity index (χ0n) is 6.06. The molecular formula is C8H13NO. The van der Waals surface area contributed by atoms with Gasteiger partial charge in [-0.1, -0.05) is 19.4 Å². The lowest BCUT2D eigenvalue weighted by molar-refractivity contribution is 0.0934. The fraction of sp³-hybridized carbons (Fsp3) is 0.625. The van der Waals surface area contributed by atoms with E-state index in [9.17, 15) is 5.11 Å². The normalized spacial score (nSPS) is 22.5. The van der Waals surface area contributed by atoms with Gasteiger partial charge in [0.05, 0.1) is 5.60 Å². The summed E-state index contributed by atoms with van der Waals surface area (Å²) in [7, 11) is 0. The second kappa shape index (κ2) is 2.54. The average Bonchev–Trinajstić information content (AvgIpc) is 2.36. The molecule has 0 spiro atoms. The van der Waals surface area contributed by atoms with Gasteiger partial charge in [0.15, 0.2) is 0 Å².